The lowest BCUT2D eigenvalue weighted by atomic mass is 10.1. The van der Waals surface area contributed by atoms with E-state index in [2.05, 4.69) is 11.8 Å². The van der Waals surface area contributed by atoms with E-state index in [-0.39, 0.29) is 0 Å². The van der Waals surface area contributed by atoms with Gasteiger partial charge in [-0.15, -0.1) is 12.8 Å². The molecule has 3 aromatic carbocycles. The molecule has 0 atom stereocenters. The molecule has 0 bridgehead atoms. The minimum atomic E-state index is 0.380. The molecule has 0 aliphatic carbocycles. The Hall–Kier alpha value is -3.62. The molecule has 0 aromatic heterocycles. The van der Waals surface area contributed by atoms with Crippen LogP contribution in [0.25, 0.3) is 0 Å². The summed E-state index contributed by atoms with van der Waals surface area (Å²) in [5, 5.41) is 0. The van der Waals surface area contributed by atoms with Crippen molar-refractivity contribution in [2.75, 3.05) is 0 Å². The van der Waals surface area contributed by atoms with E-state index in [0.29, 0.717) is 35.8 Å². The van der Waals surface area contributed by atoms with Gasteiger partial charge < -0.3 is 9.47 Å². The first-order chi connectivity index (χ1) is 12.8. The lowest BCUT2D eigenvalue weighted by Gasteiger charge is -2.16. The van der Waals surface area contributed by atoms with Gasteiger partial charge in [0, 0.05) is 0 Å². The molecular weight excluding hydrogens is 320 g/mol. The van der Waals surface area contributed by atoms with Gasteiger partial charge in [-0.05, 0) is 23.3 Å². The Labute approximate surface area is 154 Å². The molecule has 0 spiro atoms. The molecule has 0 N–H and O–H groups in total. The zero-order valence-electron chi connectivity index (χ0n) is 14.3. The van der Waals surface area contributed by atoms with Crippen LogP contribution in [0.5, 0.6) is 11.5 Å². The van der Waals surface area contributed by atoms with Crippen molar-refractivity contribution in [2.24, 2.45) is 0 Å². The molecule has 0 amide bonds. The second-order valence-electron chi connectivity index (χ2n) is 5.66. The molecular formula is C24H18O2. The van der Waals surface area contributed by atoms with Crippen LogP contribution in [0.3, 0.4) is 0 Å². The van der Waals surface area contributed by atoms with E-state index in [4.69, 9.17) is 22.3 Å². The van der Waals surface area contributed by atoms with Gasteiger partial charge in [-0.1, -0.05) is 72.5 Å². The van der Waals surface area contributed by atoms with Crippen LogP contribution in [0.2, 0.25) is 0 Å². The molecule has 126 valence electrons. The Morgan fingerprint density at radius 2 is 0.962 bits per heavy atom. The monoisotopic (exact) mass is 338 g/mol. The number of ether oxygens (including phenoxy) is 2. The third-order valence-electron chi connectivity index (χ3n) is 3.88. The zero-order chi connectivity index (χ0) is 18.2. The first-order valence-corrected chi connectivity index (χ1v) is 8.25. The van der Waals surface area contributed by atoms with E-state index < -0.39 is 0 Å². The van der Waals surface area contributed by atoms with Crippen LogP contribution in [-0.2, 0) is 13.2 Å². The van der Waals surface area contributed by atoms with Crippen molar-refractivity contribution in [1.29, 1.82) is 0 Å². The van der Waals surface area contributed by atoms with Crippen molar-refractivity contribution in [2.45, 2.75) is 13.2 Å². The summed E-state index contributed by atoms with van der Waals surface area (Å²) < 4.78 is 12.0. The van der Waals surface area contributed by atoms with E-state index >= 15 is 0 Å². The minimum Gasteiger partial charge on any atom is -0.484 e. The lowest BCUT2D eigenvalue weighted by molar-refractivity contribution is 0.255. The van der Waals surface area contributed by atoms with E-state index in [1.807, 2.05) is 60.7 Å². The fourth-order valence-corrected chi connectivity index (χ4v) is 2.54. The smallest absolute Gasteiger partial charge is 0.178 e. The molecule has 26 heavy (non-hydrogen) atoms. The fourth-order valence-electron chi connectivity index (χ4n) is 2.54. The van der Waals surface area contributed by atoms with Gasteiger partial charge in [0.05, 0.1) is 11.1 Å². The van der Waals surface area contributed by atoms with Crippen molar-refractivity contribution >= 4 is 0 Å². The third-order valence-corrected chi connectivity index (χ3v) is 3.88. The molecule has 0 heterocycles. The number of hydrogen-bond donors (Lipinski definition) is 0. The van der Waals surface area contributed by atoms with Gasteiger partial charge in [-0.25, -0.2) is 0 Å². The third kappa shape index (κ3) is 4.07. The minimum absolute atomic E-state index is 0.380. The van der Waals surface area contributed by atoms with Gasteiger partial charge in [0.15, 0.2) is 11.5 Å². The second kappa shape index (κ2) is 8.47. The van der Waals surface area contributed by atoms with Gasteiger partial charge in [0.2, 0.25) is 0 Å². The SMILES string of the molecule is C#Cc1ccc(C#C)c(OCc2ccccc2)c1OCc1ccccc1. The quantitative estimate of drug-likeness (QED) is 0.601. The van der Waals surface area contributed by atoms with Crippen molar-refractivity contribution in [3.05, 3.63) is 95.1 Å². The Balaban J connectivity index is 1.90. The van der Waals surface area contributed by atoms with Crippen LogP contribution in [-0.4, -0.2) is 0 Å². The van der Waals surface area contributed by atoms with Crippen molar-refractivity contribution < 1.29 is 9.47 Å². The van der Waals surface area contributed by atoms with Crippen LogP contribution in [0, 0.1) is 24.7 Å². The molecule has 2 heteroatoms. The number of terminal acetylenes is 2. The molecule has 0 saturated carbocycles. The maximum absolute atomic E-state index is 6.01. The highest BCUT2D eigenvalue weighted by molar-refractivity contribution is 5.61. The van der Waals surface area contributed by atoms with Gasteiger partial charge in [-0.3, -0.25) is 0 Å². The largest absolute Gasteiger partial charge is 0.484 e. The highest BCUT2D eigenvalue weighted by Gasteiger charge is 2.15. The summed E-state index contributed by atoms with van der Waals surface area (Å²) in [6, 6.07) is 23.3. The summed E-state index contributed by atoms with van der Waals surface area (Å²) in [7, 11) is 0. The predicted octanol–water partition coefficient (Wildman–Crippen LogP) is 4.81. The van der Waals surface area contributed by atoms with E-state index in [9.17, 15) is 0 Å². The van der Waals surface area contributed by atoms with Gasteiger partial charge in [0.1, 0.15) is 13.2 Å². The number of rotatable bonds is 6. The van der Waals surface area contributed by atoms with Crippen LogP contribution in [0.4, 0.5) is 0 Å². The molecule has 0 aliphatic rings. The van der Waals surface area contributed by atoms with Crippen molar-refractivity contribution in [3.63, 3.8) is 0 Å². The fraction of sp³-hybridized carbons (Fsp3) is 0.0833. The zero-order valence-corrected chi connectivity index (χ0v) is 14.3. The average Bonchev–Trinajstić information content (AvgIpc) is 2.71. The van der Waals surface area contributed by atoms with Crippen molar-refractivity contribution in [3.8, 4) is 36.2 Å². The molecule has 0 saturated heterocycles. The van der Waals surface area contributed by atoms with E-state index in [1.54, 1.807) is 12.1 Å². The first kappa shape index (κ1) is 17.2. The summed E-state index contributed by atoms with van der Waals surface area (Å²) in [5.41, 5.74) is 3.30. The molecule has 0 unspecified atom stereocenters. The van der Waals surface area contributed by atoms with Crippen LogP contribution < -0.4 is 9.47 Å². The molecule has 0 aliphatic heterocycles. The number of hydrogen-bond acceptors (Lipinski definition) is 2. The van der Waals surface area contributed by atoms with Crippen molar-refractivity contribution in [1.82, 2.24) is 0 Å². The van der Waals surface area contributed by atoms with Crippen LogP contribution in [0.15, 0.2) is 72.8 Å². The Kier molecular flexibility index (Phi) is 5.61. The standard InChI is InChI=1S/C24H18O2/c1-3-21-15-16-22(4-2)24(26-18-20-13-9-6-10-14-20)23(21)25-17-19-11-7-5-8-12-19/h1-2,5-16H,17-18H2. The summed E-state index contributed by atoms with van der Waals surface area (Å²) in [5.74, 6) is 6.30. The van der Waals surface area contributed by atoms with Crippen LogP contribution >= 0.6 is 0 Å². The van der Waals surface area contributed by atoms with Gasteiger partial charge in [0.25, 0.3) is 0 Å². The predicted molar refractivity (Wildman–Crippen MR) is 104 cm³/mol. The maximum atomic E-state index is 6.01. The Morgan fingerprint density at radius 1 is 0.577 bits per heavy atom. The topological polar surface area (TPSA) is 18.5 Å². The van der Waals surface area contributed by atoms with E-state index in [1.165, 1.54) is 0 Å². The summed E-state index contributed by atoms with van der Waals surface area (Å²) in [6.07, 6.45) is 11.3. The normalized spacial score (nSPS) is 9.77. The molecule has 3 aromatic rings. The molecule has 2 nitrogen and oxygen atoms in total. The highest BCUT2D eigenvalue weighted by Crippen LogP contribution is 2.35. The number of benzene rings is 3. The highest BCUT2D eigenvalue weighted by atomic mass is 16.5. The summed E-state index contributed by atoms with van der Waals surface area (Å²) in [4.78, 5) is 0. The summed E-state index contributed by atoms with van der Waals surface area (Å²) in [6.45, 7) is 0.760. The first-order valence-electron chi connectivity index (χ1n) is 8.25. The van der Waals surface area contributed by atoms with E-state index in [0.717, 1.165) is 11.1 Å². The molecule has 3 rings (SSSR count). The average molecular weight is 338 g/mol. The lowest BCUT2D eigenvalue weighted by Crippen LogP contribution is -2.04. The Morgan fingerprint density at radius 3 is 1.31 bits per heavy atom. The maximum Gasteiger partial charge on any atom is 0.178 e. The van der Waals surface area contributed by atoms with Gasteiger partial charge >= 0.3 is 0 Å². The molecule has 0 fully saturated rings. The second-order valence-corrected chi connectivity index (χ2v) is 5.66. The summed E-state index contributed by atoms with van der Waals surface area (Å²) >= 11 is 0. The Bertz CT molecular complexity index is 865. The van der Waals surface area contributed by atoms with Gasteiger partial charge in [-0.2, -0.15) is 0 Å². The van der Waals surface area contributed by atoms with Crippen LogP contribution in [0.1, 0.15) is 22.3 Å². The molecule has 0 radical (unpaired) electrons.